The molecule has 9 heteroatoms. The highest BCUT2D eigenvalue weighted by Crippen LogP contribution is 2.31. The molecule has 0 radical (unpaired) electrons. The van der Waals surface area contributed by atoms with E-state index in [9.17, 15) is 12.8 Å². The number of imidazole rings is 1. The van der Waals surface area contributed by atoms with E-state index in [0.717, 1.165) is 16.5 Å². The van der Waals surface area contributed by atoms with Crippen LogP contribution in [-0.2, 0) is 10.0 Å². The molecule has 2 heterocycles. The molecule has 0 amide bonds. The molecule has 0 spiro atoms. The quantitative estimate of drug-likeness (QED) is 0.489. The molecule has 2 aromatic heterocycles. The first-order valence-electron chi connectivity index (χ1n) is 7.90. The number of aromatic amines is 2. The predicted octanol–water partition coefficient (Wildman–Crippen LogP) is 3.64. The van der Waals surface area contributed by atoms with E-state index in [-0.39, 0.29) is 11.5 Å². The van der Waals surface area contributed by atoms with Gasteiger partial charge in [0.15, 0.2) is 5.82 Å². The maximum atomic E-state index is 13.6. The summed E-state index contributed by atoms with van der Waals surface area (Å²) in [5.41, 5.74) is 3.41. The number of hydrogen-bond donors (Lipinski definition) is 3. The first-order valence-corrected chi connectivity index (χ1v) is 9.45. The van der Waals surface area contributed by atoms with Gasteiger partial charge in [-0.2, -0.15) is 5.10 Å². The van der Waals surface area contributed by atoms with Crippen LogP contribution < -0.4 is 4.72 Å². The predicted molar refractivity (Wildman–Crippen MR) is 102 cm³/mol. The Morgan fingerprint density at radius 1 is 1.19 bits per heavy atom. The molecule has 0 saturated heterocycles. The fraction of sp³-hybridized carbons (Fsp3) is 0. The molecule has 7 nitrogen and oxygen atoms in total. The molecule has 0 bridgehead atoms. The van der Waals surface area contributed by atoms with Gasteiger partial charge in [-0.15, -0.1) is 0 Å². The van der Waals surface area contributed by atoms with Crippen molar-refractivity contribution in [3.63, 3.8) is 0 Å². The molecular formula is C18H14FN5O2S. The molecule has 2 aromatic carbocycles. The van der Waals surface area contributed by atoms with Crippen LogP contribution in [0, 0.1) is 5.82 Å². The van der Waals surface area contributed by atoms with Crippen LogP contribution in [0.1, 0.15) is 0 Å². The van der Waals surface area contributed by atoms with Crippen LogP contribution in [0.5, 0.6) is 0 Å². The van der Waals surface area contributed by atoms with Crippen LogP contribution in [0.3, 0.4) is 0 Å². The zero-order chi connectivity index (χ0) is 19.0. The van der Waals surface area contributed by atoms with Crippen LogP contribution in [0.25, 0.3) is 33.7 Å². The maximum Gasteiger partial charge on any atom is 0.254 e. The van der Waals surface area contributed by atoms with E-state index in [1.165, 1.54) is 18.3 Å². The fourth-order valence-electron chi connectivity index (χ4n) is 2.78. The number of halogens is 1. The molecule has 4 aromatic rings. The van der Waals surface area contributed by atoms with Crippen molar-refractivity contribution in [2.45, 2.75) is 0 Å². The molecule has 0 aliphatic heterocycles. The number of fused-ring (bicyclic) bond motifs is 1. The average molecular weight is 383 g/mol. The number of anilines is 1. The highest BCUT2D eigenvalue weighted by atomic mass is 32.2. The lowest BCUT2D eigenvalue weighted by Gasteiger charge is -2.03. The first-order chi connectivity index (χ1) is 13.0. The SMILES string of the molecule is C=CS(=O)(=O)Nc1cn[nH]c1-c1nc2c(-c3cccc(F)c3)cccc2[nH]1. The summed E-state index contributed by atoms with van der Waals surface area (Å²) in [6, 6.07) is 11.7. The minimum atomic E-state index is -3.69. The van der Waals surface area contributed by atoms with Crippen molar-refractivity contribution in [1.29, 1.82) is 0 Å². The summed E-state index contributed by atoms with van der Waals surface area (Å²) >= 11 is 0. The molecule has 0 saturated carbocycles. The van der Waals surface area contributed by atoms with Crippen LogP contribution >= 0.6 is 0 Å². The van der Waals surface area contributed by atoms with Gasteiger partial charge in [-0.25, -0.2) is 17.8 Å². The van der Waals surface area contributed by atoms with Crippen LogP contribution in [0.15, 0.2) is 60.6 Å². The monoisotopic (exact) mass is 383 g/mol. The van der Waals surface area contributed by atoms with Gasteiger partial charge in [0, 0.05) is 11.0 Å². The fourth-order valence-corrected chi connectivity index (χ4v) is 3.32. The second kappa shape index (κ2) is 6.36. The minimum absolute atomic E-state index is 0.237. The van der Waals surface area contributed by atoms with Crippen molar-refractivity contribution in [1.82, 2.24) is 20.2 Å². The third-order valence-corrected chi connectivity index (χ3v) is 4.94. The summed E-state index contributed by atoms with van der Waals surface area (Å²) in [5.74, 6) is 0.0584. The van der Waals surface area contributed by atoms with Crippen molar-refractivity contribution in [3.8, 4) is 22.6 Å². The van der Waals surface area contributed by atoms with Gasteiger partial charge in [-0.3, -0.25) is 9.82 Å². The molecule has 0 fully saturated rings. The zero-order valence-corrected chi connectivity index (χ0v) is 14.7. The Labute approximate surface area is 154 Å². The lowest BCUT2D eigenvalue weighted by molar-refractivity contribution is 0.609. The molecule has 27 heavy (non-hydrogen) atoms. The van der Waals surface area contributed by atoms with Crippen molar-refractivity contribution >= 4 is 26.7 Å². The van der Waals surface area contributed by atoms with Gasteiger partial charge in [0.1, 0.15) is 11.5 Å². The van der Waals surface area contributed by atoms with Gasteiger partial charge in [-0.05, 0) is 23.8 Å². The van der Waals surface area contributed by atoms with Gasteiger partial charge in [0.25, 0.3) is 10.0 Å². The second-order valence-corrected chi connectivity index (χ2v) is 7.40. The average Bonchev–Trinajstić information content (AvgIpc) is 3.27. The summed E-state index contributed by atoms with van der Waals surface area (Å²) < 4.78 is 39.5. The smallest absolute Gasteiger partial charge is 0.254 e. The molecular weight excluding hydrogens is 369 g/mol. The number of nitrogens with one attached hydrogen (secondary N) is 3. The molecule has 0 unspecified atom stereocenters. The number of benzene rings is 2. The number of rotatable bonds is 5. The van der Waals surface area contributed by atoms with Gasteiger partial charge in [-0.1, -0.05) is 30.8 Å². The number of para-hydroxylation sites is 1. The Morgan fingerprint density at radius 3 is 2.78 bits per heavy atom. The minimum Gasteiger partial charge on any atom is -0.337 e. The van der Waals surface area contributed by atoms with Crippen LogP contribution in [0.4, 0.5) is 10.1 Å². The van der Waals surface area contributed by atoms with E-state index in [4.69, 9.17) is 0 Å². The second-order valence-electron chi connectivity index (χ2n) is 5.77. The van der Waals surface area contributed by atoms with Crippen LogP contribution in [0.2, 0.25) is 0 Å². The molecule has 0 aliphatic rings. The topological polar surface area (TPSA) is 104 Å². The highest BCUT2D eigenvalue weighted by molar-refractivity contribution is 7.95. The summed E-state index contributed by atoms with van der Waals surface area (Å²) in [6.07, 6.45) is 1.34. The zero-order valence-electron chi connectivity index (χ0n) is 13.9. The lowest BCUT2D eigenvalue weighted by Crippen LogP contribution is -2.08. The van der Waals surface area contributed by atoms with Crippen molar-refractivity contribution in [2.24, 2.45) is 0 Å². The Balaban J connectivity index is 1.84. The third kappa shape index (κ3) is 3.20. The standard InChI is InChI=1S/C18H14FN5O2S/c1-2-27(25,26)24-15-10-20-23-17(15)18-21-14-8-4-7-13(16(14)22-18)11-5-3-6-12(19)9-11/h2-10,24H,1H2,(H,20,23)(H,21,22). The van der Waals surface area contributed by atoms with Gasteiger partial charge >= 0.3 is 0 Å². The highest BCUT2D eigenvalue weighted by Gasteiger charge is 2.17. The molecule has 0 atom stereocenters. The van der Waals surface area contributed by atoms with E-state index in [0.29, 0.717) is 22.6 Å². The summed E-state index contributed by atoms with van der Waals surface area (Å²) in [5, 5.41) is 7.43. The normalized spacial score (nSPS) is 11.6. The van der Waals surface area contributed by atoms with Gasteiger partial charge in [0.2, 0.25) is 0 Å². The maximum absolute atomic E-state index is 13.6. The largest absolute Gasteiger partial charge is 0.337 e. The Bertz CT molecular complexity index is 1260. The van der Waals surface area contributed by atoms with Crippen LogP contribution in [-0.4, -0.2) is 28.6 Å². The lowest BCUT2D eigenvalue weighted by atomic mass is 10.0. The molecule has 136 valence electrons. The Hall–Kier alpha value is -3.46. The summed E-state index contributed by atoms with van der Waals surface area (Å²) in [7, 11) is -3.69. The Morgan fingerprint density at radius 2 is 2.00 bits per heavy atom. The number of H-pyrrole nitrogens is 2. The number of hydrogen-bond acceptors (Lipinski definition) is 4. The van der Waals surface area contributed by atoms with E-state index in [1.807, 2.05) is 18.2 Å². The number of sulfonamides is 1. The summed E-state index contributed by atoms with van der Waals surface area (Å²) in [6.45, 7) is 3.27. The Kier molecular flexibility index (Phi) is 4.00. The molecule has 4 rings (SSSR count). The molecule has 3 N–H and O–H groups in total. The van der Waals surface area contributed by atoms with E-state index < -0.39 is 10.0 Å². The van der Waals surface area contributed by atoms with E-state index in [1.54, 1.807) is 12.1 Å². The first kappa shape index (κ1) is 17.0. The van der Waals surface area contributed by atoms with E-state index >= 15 is 0 Å². The van der Waals surface area contributed by atoms with Crippen molar-refractivity contribution in [2.75, 3.05) is 4.72 Å². The third-order valence-electron chi connectivity index (χ3n) is 4.00. The van der Waals surface area contributed by atoms with Gasteiger partial charge in [0.05, 0.1) is 22.9 Å². The van der Waals surface area contributed by atoms with E-state index in [2.05, 4.69) is 31.5 Å². The van der Waals surface area contributed by atoms with Crippen molar-refractivity contribution < 1.29 is 12.8 Å². The number of nitrogens with zero attached hydrogens (tertiary/aromatic N) is 2. The number of aromatic nitrogens is 4. The van der Waals surface area contributed by atoms with Crippen molar-refractivity contribution in [3.05, 3.63) is 66.5 Å². The molecule has 0 aliphatic carbocycles. The van der Waals surface area contributed by atoms with Gasteiger partial charge < -0.3 is 4.98 Å². The summed E-state index contributed by atoms with van der Waals surface area (Å²) in [4.78, 5) is 7.70.